The SMILES string of the molecule is Cc1c(/C=N\NC(=O)c2ccccc2F)cc(C#N)n1C. The van der Waals surface area contributed by atoms with Gasteiger partial charge < -0.3 is 4.57 Å². The van der Waals surface area contributed by atoms with Crippen LogP contribution in [0.5, 0.6) is 0 Å². The van der Waals surface area contributed by atoms with Crippen LogP contribution in [0.25, 0.3) is 0 Å². The Morgan fingerprint density at radius 2 is 2.19 bits per heavy atom. The molecule has 0 saturated carbocycles. The Hall–Kier alpha value is -2.94. The minimum Gasteiger partial charge on any atom is -0.339 e. The number of hydrogen-bond acceptors (Lipinski definition) is 3. The van der Waals surface area contributed by atoms with Crippen molar-refractivity contribution in [1.29, 1.82) is 5.26 Å². The van der Waals surface area contributed by atoms with E-state index in [0.29, 0.717) is 11.3 Å². The third kappa shape index (κ3) is 2.98. The lowest BCUT2D eigenvalue weighted by molar-refractivity contribution is 0.0951. The molecule has 1 aromatic carbocycles. The van der Waals surface area contributed by atoms with Crippen molar-refractivity contribution in [3.63, 3.8) is 0 Å². The normalized spacial score (nSPS) is 10.6. The van der Waals surface area contributed by atoms with E-state index in [0.717, 1.165) is 5.69 Å². The molecule has 1 amide bonds. The van der Waals surface area contributed by atoms with Gasteiger partial charge in [0.1, 0.15) is 17.6 Å². The Morgan fingerprint density at radius 3 is 2.81 bits per heavy atom. The maximum Gasteiger partial charge on any atom is 0.274 e. The quantitative estimate of drug-likeness (QED) is 0.692. The first-order chi connectivity index (χ1) is 10.0. The molecular formula is C15H13FN4O. The van der Waals surface area contributed by atoms with Crippen molar-refractivity contribution < 1.29 is 9.18 Å². The number of benzene rings is 1. The molecule has 106 valence electrons. The van der Waals surface area contributed by atoms with Crippen LogP contribution in [0.15, 0.2) is 35.4 Å². The Morgan fingerprint density at radius 1 is 1.48 bits per heavy atom. The monoisotopic (exact) mass is 284 g/mol. The van der Waals surface area contributed by atoms with Gasteiger partial charge in [-0.2, -0.15) is 10.4 Å². The van der Waals surface area contributed by atoms with Crippen molar-refractivity contribution >= 4 is 12.1 Å². The zero-order valence-corrected chi connectivity index (χ0v) is 11.6. The first-order valence-corrected chi connectivity index (χ1v) is 6.19. The molecule has 0 spiro atoms. The molecule has 0 aliphatic rings. The van der Waals surface area contributed by atoms with Crippen molar-refractivity contribution in [3.05, 3.63) is 58.7 Å². The first-order valence-electron chi connectivity index (χ1n) is 6.19. The third-order valence-corrected chi connectivity index (χ3v) is 3.18. The molecule has 21 heavy (non-hydrogen) atoms. The number of hydrogen-bond donors (Lipinski definition) is 1. The highest BCUT2D eigenvalue weighted by Crippen LogP contribution is 2.11. The van der Waals surface area contributed by atoms with Crippen LogP contribution < -0.4 is 5.43 Å². The minimum absolute atomic E-state index is 0.0721. The maximum absolute atomic E-state index is 13.4. The zero-order chi connectivity index (χ0) is 15.4. The Balaban J connectivity index is 2.12. The number of carbonyl (C=O) groups excluding carboxylic acids is 1. The van der Waals surface area contributed by atoms with E-state index in [9.17, 15) is 9.18 Å². The standard InChI is InChI=1S/C15H13FN4O/c1-10-11(7-12(8-17)20(10)2)9-18-19-15(21)13-5-3-4-6-14(13)16/h3-7,9H,1-2H3,(H,19,21)/b18-9-. The van der Waals surface area contributed by atoms with Crippen LogP contribution in [0.2, 0.25) is 0 Å². The van der Waals surface area contributed by atoms with Crippen LogP contribution in [-0.2, 0) is 7.05 Å². The highest BCUT2D eigenvalue weighted by atomic mass is 19.1. The molecule has 1 N–H and O–H groups in total. The molecule has 2 rings (SSSR count). The molecule has 0 unspecified atom stereocenters. The largest absolute Gasteiger partial charge is 0.339 e. The van der Waals surface area contributed by atoms with E-state index >= 15 is 0 Å². The number of carbonyl (C=O) groups is 1. The molecule has 0 radical (unpaired) electrons. The van der Waals surface area contributed by atoms with E-state index in [2.05, 4.69) is 16.6 Å². The molecule has 0 saturated heterocycles. The Bertz CT molecular complexity index is 756. The third-order valence-electron chi connectivity index (χ3n) is 3.18. The molecule has 0 fully saturated rings. The molecule has 0 aliphatic heterocycles. The van der Waals surface area contributed by atoms with Crippen LogP contribution >= 0.6 is 0 Å². The highest BCUT2D eigenvalue weighted by Gasteiger charge is 2.10. The smallest absolute Gasteiger partial charge is 0.274 e. The van der Waals surface area contributed by atoms with Crippen molar-refractivity contribution in [2.45, 2.75) is 6.92 Å². The zero-order valence-electron chi connectivity index (χ0n) is 11.6. The molecular weight excluding hydrogens is 271 g/mol. The van der Waals surface area contributed by atoms with Gasteiger partial charge in [0.05, 0.1) is 11.8 Å². The minimum atomic E-state index is -0.626. The molecule has 1 heterocycles. The number of hydrazone groups is 1. The molecule has 0 bridgehead atoms. The van der Waals surface area contributed by atoms with Gasteiger partial charge in [-0.25, -0.2) is 9.82 Å². The fourth-order valence-corrected chi connectivity index (χ4v) is 1.83. The second kappa shape index (κ2) is 6.01. The molecule has 1 aromatic heterocycles. The van der Waals surface area contributed by atoms with E-state index in [-0.39, 0.29) is 5.56 Å². The maximum atomic E-state index is 13.4. The second-order valence-corrected chi connectivity index (χ2v) is 4.42. The van der Waals surface area contributed by atoms with Gasteiger partial charge in [-0.3, -0.25) is 4.79 Å². The van der Waals surface area contributed by atoms with E-state index in [1.165, 1.54) is 24.4 Å². The van der Waals surface area contributed by atoms with Gasteiger partial charge in [-0.15, -0.1) is 0 Å². The lowest BCUT2D eigenvalue weighted by atomic mass is 10.2. The van der Waals surface area contributed by atoms with Gasteiger partial charge in [0.2, 0.25) is 0 Å². The van der Waals surface area contributed by atoms with E-state index in [4.69, 9.17) is 5.26 Å². The Kier molecular flexibility index (Phi) is 4.14. The van der Waals surface area contributed by atoms with Crippen LogP contribution in [0.4, 0.5) is 4.39 Å². The van der Waals surface area contributed by atoms with Gasteiger partial charge in [0.25, 0.3) is 5.91 Å². The van der Waals surface area contributed by atoms with Gasteiger partial charge >= 0.3 is 0 Å². The number of amides is 1. The topological polar surface area (TPSA) is 70.2 Å². The average Bonchev–Trinajstić information content (AvgIpc) is 2.75. The summed E-state index contributed by atoms with van der Waals surface area (Å²) in [5.74, 6) is -1.23. The lowest BCUT2D eigenvalue weighted by Gasteiger charge is -2.01. The van der Waals surface area contributed by atoms with Crippen molar-refractivity contribution in [1.82, 2.24) is 9.99 Å². The van der Waals surface area contributed by atoms with E-state index < -0.39 is 11.7 Å². The number of halogens is 1. The molecule has 0 aliphatic carbocycles. The van der Waals surface area contributed by atoms with Crippen molar-refractivity contribution in [2.75, 3.05) is 0 Å². The van der Waals surface area contributed by atoms with Gasteiger partial charge in [0.15, 0.2) is 0 Å². The second-order valence-electron chi connectivity index (χ2n) is 4.42. The first kappa shape index (κ1) is 14.5. The van der Waals surface area contributed by atoms with Gasteiger partial charge in [-0.05, 0) is 25.1 Å². The number of nitrogens with zero attached hydrogens (tertiary/aromatic N) is 3. The molecule has 0 atom stereocenters. The number of nitrogens with one attached hydrogen (secondary N) is 1. The summed E-state index contributed by atoms with van der Waals surface area (Å²) in [4.78, 5) is 11.7. The summed E-state index contributed by atoms with van der Waals surface area (Å²) < 4.78 is 15.1. The van der Waals surface area contributed by atoms with Crippen LogP contribution in [0.3, 0.4) is 0 Å². The molecule has 5 nitrogen and oxygen atoms in total. The highest BCUT2D eigenvalue weighted by molar-refractivity contribution is 5.95. The van der Waals surface area contributed by atoms with Crippen molar-refractivity contribution in [3.8, 4) is 6.07 Å². The van der Waals surface area contributed by atoms with Crippen molar-refractivity contribution in [2.24, 2.45) is 12.1 Å². The molecule has 2 aromatic rings. The summed E-state index contributed by atoms with van der Waals surface area (Å²) in [6.07, 6.45) is 1.43. The van der Waals surface area contributed by atoms with Crippen LogP contribution in [-0.4, -0.2) is 16.7 Å². The Labute approximate surface area is 121 Å². The van der Waals surface area contributed by atoms with Gasteiger partial charge in [0, 0.05) is 18.3 Å². The summed E-state index contributed by atoms with van der Waals surface area (Å²) in [6, 6.07) is 9.38. The fraction of sp³-hybridized carbons (Fsp3) is 0.133. The number of rotatable bonds is 3. The number of aromatic nitrogens is 1. The van der Waals surface area contributed by atoms with E-state index in [1.807, 2.05) is 6.92 Å². The molecule has 6 heteroatoms. The predicted molar refractivity (Wildman–Crippen MR) is 76.3 cm³/mol. The lowest BCUT2D eigenvalue weighted by Crippen LogP contribution is -2.18. The predicted octanol–water partition coefficient (Wildman–Crippen LogP) is 2.11. The number of nitriles is 1. The summed E-state index contributed by atoms with van der Waals surface area (Å²) in [7, 11) is 1.77. The summed E-state index contributed by atoms with van der Waals surface area (Å²) in [6.45, 7) is 1.83. The van der Waals surface area contributed by atoms with Crippen LogP contribution in [0.1, 0.15) is 27.3 Å². The summed E-state index contributed by atoms with van der Waals surface area (Å²) >= 11 is 0. The average molecular weight is 284 g/mol. The summed E-state index contributed by atoms with van der Waals surface area (Å²) in [5, 5.41) is 12.7. The fourth-order valence-electron chi connectivity index (χ4n) is 1.83. The van der Waals surface area contributed by atoms with Gasteiger partial charge in [-0.1, -0.05) is 12.1 Å². The van der Waals surface area contributed by atoms with E-state index in [1.54, 1.807) is 23.7 Å². The van der Waals surface area contributed by atoms with Crippen LogP contribution in [0, 0.1) is 24.1 Å². The summed E-state index contributed by atoms with van der Waals surface area (Å²) in [5.41, 5.74) is 4.24.